The van der Waals surface area contributed by atoms with Crippen LogP contribution in [0.25, 0.3) is 0 Å². The molecule has 0 radical (unpaired) electrons. The Morgan fingerprint density at radius 2 is 2.18 bits per heavy atom. The van der Waals surface area contributed by atoms with Crippen molar-refractivity contribution in [2.75, 3.05) is 23.8 Å². The summed E-state index contributed by atoms with van der Waals surface area (Å²) in [6.07, 6.45) is 0.552. The lowest BCUT2D eigenvalue weighted by molar-refractivity contribution is -0.129. The van der Waals surface area contributed by atoms with Crippen molar-refractivity contribution in [2.24, 2.45) is 0 Å². The average Bonchev–Trinajstić information content (AvgIpc) is 2.95. The van der Waals surface area contributed by atoms with E-state index >= 15 is 0 Å². The van der Waals surface area contributed by atoms with Crippen molar-refractivity contribution in [3.8, 4) is 0 Å². The molecule has 1 fully saturated rings. The van der Waals surface area contributed by atoms with E-state index in [1.54, 1.807) is 4.90 Å². The van der Waals surface area contributed by atoms with Gasteiger partial charge >= 0.3 is 0 Å². The Morgan fingerprint density at radius 1 is 1.45 bits per heavy atom. The van der Waals surface area contributed by atoms with Crippen molar-refractivity contribution < 1.29 is 17.7 Å². The number of hydrogen-bond acceptors (Lipinski definition) is 6. The second-order valence-electron chi connectivity index (χ2n) is 5.53. The number of aryl methyl sites for hydroxylation is 2. The van der Waals surface area contributed by atoms with Crippen molar-refractivity contribution in [2.45, 2.75) is 39.0 Å². The van der Waals surface area contributed by atoms with E-state index in [0.717, 1.165) is 17.0 Å². The van der Waals surface area contributed by atoms with Crippen LogP contribution in [0.5, 0.6) is 0 Å². The van der Waals surface area contributed by atoms with Crippen LogP contribution in [0, 0.1) is 13.8 Å². The third-order valence-corrected chi connectivity index (χ3v) is 6.66. The van der Waals surface area contributed by atoms with Crippen LogP contribution >= 0.6 is 11.8 Å². The first-order valence-corrected chi connectivity index (χ1v) is 10.3. The topological polar surface area (TPSA) is 80.5 Å². The lowest BCUT2D eigenvalue weighted by atomic mass is 10.2. The Hall–Kier alpha value is -1.02. The molecule has 1 saturated heterocycles. The largest absolute Gasteiger partial charge is 0.361 e. The molecule has 1 aliphatic rings. The zero-order valence-corrected chi connectivity index (χ0v) is 14.8. The Bertz CT molecular complexity index is 620. The van der Waals surface area contributed by atoms with Crippen LogP contribution in [0.1, 0.15) is 30.4 Å². The second kappa shape index (κ2) is 7.04. The van der Waals surface area contributed by atoms with Gasteiger partial charge in [0.2, 0.25) is 5.91 Å². The van der Waals surface area contributed by atoms with Crippen LogP contribution in [0.3, 0.4) is 0 Å². The highest BCUT2D eigenvalue weighted by Crippen LogP contribution is 2.22. The molecule has 1 aliphatic heterocycles. The zero-order valence-electron chi connectivity index (χ0n) is 13.2. The standard InChI is InChI=1S/C14H22N2O4S2/c1-4-16(12-5-6-22(18,19)9-12)14(17)8-21-7-13-10(2)15-20-11(13)3/h12H,4-9H2,1-3H3/t12-/m1/s1. The van der Waals surface area contributed by atoms with Gasteiger partial charge in [-0.1, -0.05) is 5.16 Å². The number of sulfone groups is 1. The minimum atomic E-state index is -2.97. The molecule has 1 amide bonds. The van der Waals surface area contributed by atoms with Gasteiger partial charge in [-0.15, -0.1) is 11.8 Å². The van der Waals surface area contributed by atoms with Gasteiger partial charge in [0.25, 0.3) is 0 Å². The molecule has 0 N–H and O–H groups in total. The smallest absolute Gasteiger partial charge is 0.232 e. The summed E-state index contributed by atoms with van der Waals surface area (Å²) in [6.45, 7) is 6.18. The first-order chi connectivity index (χ1) is 10.3. The third-order valence-electron chi connectivity index (χ3n) is 3.96. The Morgan fingerprint density at radius 3 is 2.68 bits per heavy atom. The summed E-state index contributed by atoms with van der Waals surface area (Å²) in [5.74, 6) is 2.09. The lowest BCUT2D eigenvalue weighted by Crippen LogP contribution is -2.41. The molecule has 124 valence electrons. The van der Waals surface area contributed by atoms with Gasteiger partial charge < -0.3 is 9.42 Å². The van der Waals surface area contributed by atoms with E-state index in [1.807, 2.05) is 20.8 Å². The number of carbonyl (C=O) groups is 1. The predicted molar refractivity (Wildman–Crippen MR) is 86.6 cm³/mol. The Labute approximate surface area is 135 Å². The van der Waals surface area contributed by atoms with Crippen molar-refractivity contribution in [1.82, 2.24) is 10.1 Å². The predicted octanol–water partition coefficient (Wildman–Crippen LogP) is 1.56. The second-order valence-corrected chi connectivity index (χ2v) is 8.75. The average molecular weight is 346 g/mol. The van der Waals surface area contributed by atoms with E-state index in [1.165, 1.54) is 11.8 Å². The summed E-state index contributed by atoms with van der Waals surface area (Å²) in [4.78, 5) is 14.0. The normalized spacial score (nSPS) is 20.2. The monoisotopic (exact) mass is 346 g/mol. The molecule has 0 bridgehead atoms. The van der Waals surface area contributed by atoms with Gasteiger partial charge in [-0.25, -0.2) is 8.42 Å². The van der Waals surface area contributed by atoms with Gasteiger partial charge in [0, 0.05) is 23.9 Å². The maximum Gasteiger partial charge on any atom is 0.232 e. The van der Waals surface area contributed by atoms with Gasteiger partial charge in [0.15, 0.2) is 9.84 Å². The summed E-state index contributed by atoms with van der Waals surface area (Å²) in [5.41, 5.74) is 1.89. The molecule has 8 heteroatoms. The molecule has 0 spiro atoms. The van der Waals surface area contributed by atoms with Gasteiger partial charge in [-0.3, -0.25) is 4.79 Å². The third kappa shape index (κ3) is 4.04. The number of rotatable bonds is 6. The summed E-state index contributed by atoms with van der Waals surface area (Å²) in [7, 11) is -2.97. The van der Waals surface area contributed by atoms with E-state index < -0.39 is 9.84 Å². The molecule has 2 rings (SSSR count). The minimum Gasteiger partial charge on any atom is -0.361 e. The molecule has 1 aromatic heterocycles. The summed E-state index contributed by atoms with van der Waals surface area (Å²) < 4.78 is 28.2. The first-order valence-electron chi connectivity index (χ1n) is 7.33. The highest BCUT2D eigenvalue weighted by Gasteiger charge is 2.33. The maximum atomic E-state index is 12.3. The number of nitrogens with zero attached hydrogens (tertiary/aromatic N) is 2. The molecule has 2 heterocycles. The fraction of sp³-hybridized carbons (Fsp3) is 0.714. The minimum absolute atomic E-state index is 0.00126. The van der Waals surface area contributed by atoms with Crippen LogP contribution in [-0.2, 0) is 20.4 Å². The lowest BCUT2D eigenvalue weighted by Gasteiger charge is -2.26. The molecule has 6 nitrogen and oxygen atoms in total. The van der Waals surface area contributed by atoms with E-state index in [0.29, 0.717) is 24.5 Å². The quantitative estimate of drug-likeness (QED) is 0.778. The van der Waals surface area contributed by atoms with Crippen LogP contribution < -0.4 is 0 Å². The van der Waals surface area contributed by atoms with Crippen molar-refractivity contribution in [1.29, 1.82) is 0 Å². The number of hydrogen-bond donors (Lipinski definition) is 0. The van der Waals surface area contributed by atoms with Gasteiger partial charge in [-0.05, 0) is 27.2 Å². The summed E-state index contributed by atoms with van der Waals surface area (Å²) in [5, 5.41) is 3.89. The zero-order chi connectivity index (χ0) is 16.3. The van der Waals surface area contributed by atoms with Gasteiger partial charge in [0.1, 0.15) is 5.76 Å². The number of aromatic nitrogens is 1. The fourth-order valence-corrected chi connectivity index (χ4v) is 5.48. The number of carbonyl (C=O) groups excluding carboxylic acids is 1. The first kappa shape index (κ1) is 17.3. The summed E-state index contributed by atoms with van der Waals surface area (Å²) in [6, 6.07) is -0.165. The van der Waals surface area contributed by atoms with E-state index in [9.17, 15) is 13.2 Å². The van der Waals surface area contributed by atoms with Crippen molar-refractivity contribution in [3.05, 3.63) is 17.0 Å². The Balaban J connectivity index is 1.88. The molecule has 0 saturated carbocycles. The van der Waals surface area contributed by atoms with Crippen LogP contribution in [0.2, 0.25) is 0 Å². The van der Waals surface area contributed by atoms with E-state index in [4.69, 9.17) is 4.52 Å². The van der Waals surface area contributed by atoms with E-state index in [2.05, 4.69) is 5.16 Å². The molecule has 1 atom stereocenters. The molecule has 1 aromatic rings. The maximum absolute atomic E-state index is 12.3. The molecule has 0 unspecified atom stereocenters. The molecular formula is C14H22N2O4S2. The van der Waals surface area contributed by atoms with Crippen LogP contribution in [0.15, 0.2) is 4.52 Å². The number of amides is 1. The highest BCUT2D eigenvalue weighted by atomic mass is 32.2. The van der Waals surface area contributed by atoms with Gasteiger partial charge in [0.05, 0.1) is 23.0 Å². The fourth-order valence-electron chi connectivity index (χ4n) is 2.69. The Kier molecular flexibility index (Phi) is 5.55. The summed E-state index contributed by atoms with van der Waals surface area (Å²) >= 11 is 1.51. The van der Waals surface area contributed by atoms with Crippen LogP contribution in [0.4, 0.5) is 0 Å². The van der Waals surface area contributed by atoms with Crippen molar-refractivity contribution >= 4 is 27.5 Å². The van der Waals surface area contributed by atoms with Crippen molar-refractivity contribution in [3.63, 3.8) is 0 Å². The SMILES string of the molecule is CCN(C(=O)CSCc1c(C)noc1C)[C@@H]1CCS(=O)(=O)C1. The molecule has 22 heavy (non-hydrogen) atoms. The molecular weight excluding hydrogens is 324 g/mol. The highest BCUT2D eigenvalue weighted by molar-refractivity contribution is 7.99. The number of thioether (sulfide) groups is 1. The van der Waals surface area contributed by atoms with E-state index in [-0.39, 0.29) is 23.5 Å². The van der Waals surface area contributed by atoms with Crippen LogP contribution in [-0.4, -0.2) is 54.2 Å². The molecule has 0 aliphatic carbocycles. The van der Waals surface area contributed by atoms with Gasteiger partial charge in [-0.2, -0.15) is 0 Å². The molecule has 0 aromatic carbocycles.